The van der Waals surface area contributed by atoms with Crippen LogP contribution in [-0.4, -0.2) is 16.8 Å². The average molecular weight is 258 g/mol. The van der Waals surface area contributed by atoms with Crippen molar-refractivity contribution in [3.63, 3.8) is 0 Å². The van der Waals surface area contributed by atoms with Crippen LogP contribution in [0.5, 0.6) is 0 Å². The molecule has 1 unspecified atom stereocenters. The third-order valence-electron chi connectivity index (χ3n) is 3.04. The summed E-state index contributed by atoms with van der Waals surface area (Å²) < 4.78 is 2.04. The number of hydrogen-bond acceptors (Lipinski definition) is 2. The Kier molecular flexibility index (Phi) is 6.60. The molecule has 0 amide bonds. The lowest BCUT2D eigenvalue weighted by Crippen LogP contribution is -2.21. The number of halogens is 1. The van der Waals surface area contributed by atoms with Crippen LogP contribution in [0.1, 0.15) is 57.7 Å². The molecule has 1 heterocycles. The molecule has 0 aliphatic rings. The normalized spacial score (nSPS) is 12.9. The number of aromatic nitrogens is 2. The molecular weight excluding hydrogens is 234 g/mol. The fraction of sp³-hybridized carbons (Fsp3) is 0.769. The molecule has 1 N–H and O–H groups in total. The van der Waals surface area contributed by atoms with Crippen LogP contribution in [0.25, 0.3) is 0 Å². The molecule has 98 valence electrons. The van der Waals surface area contributed by atoms with Gasteiger partial charge in [-0.05, 0) is 19.9 Å². The Morgan fingerprint density at radius 2 is 2.12 bits per heavy atom. The second kappa shape index (κ2) is 7.72. The van der Waals surface area contributed by atoms with E-state index in [1.54, 1.807) is 6.20 Å². The molecule has 1 aromatic heterocycles. The lowest BCUT2D eigenvalue weighted by Gasteiger charge is -2.18. The molecule has 0 aromatic carbocycles. The first-order valence-electron chi connectivity index (χ1n) is 6.63. The smallest absolute Gasteiger partial charge is 0.0834 e. The van der Waals surface area contributed by atoms with E-state index < -0.39 is 0 Å². The zero-order valence-corrected chi connectivity index (χ0v) is 11.9. The number of unbranched alkanes of at least 4 members (excludes halogenated alkanes) is 2. The molecule has 1 rings (SSSR count). The van der Waals surface area contributed by atoms with Crippen LogP contribution in [-0.2, 0) is 6.54 Å². The molecule has 17 heavy (non-hydrogen) atoms. The van der Waals surface area contributed by atoms with Gasteiger partial charge in [-0.2, -0.15) is 5.10 Å². The maximum Gasteiger partial charge on any atom is 0.0834 e. The Morgan fingerprint density at radius 1 is 1.35 bits per heavy atom. The second-order valence-electron chi connectivity index (χ2n) is 4.44. The van der Waals surface area contributed by atoms with Gasteiger partial charge in [0, 0.05) is 6.54 Å². The molecule has 0 radical (unpaired) electrons. The summed E-state index contributed by atoms with van der Waals surface area (Å²) in [5.41, 5.74) is 1.15. The molecule has 0 bridgehead atoms. The van der Waals surface area contributed by atoms with Gasteiger partial charge in [0.1, 0.15) is 0 Å². The number of hydrogen-bond donors (Lipinski definition) is 1. The molecule has 0 aliphatic heterocycles. The minimum Gasteiger partial charge on any atom is -0.312 e. The Balaban J connectivity index is 2.75. The Hall–Kier alpha value is -0.540. The van der Waals surface area contributed by atoms with Gasteiger partial charge in [0.2, 0.25) is 0 Å². The van der Waals surface area contributed by atoms with E-state index in [4.69, 9.17) is 11.6 Å². The third-order valence-corrected chi connectivity index (χ3v) is 3.33. The molecule has 3 nitrogen and oxygen atoms in total. The highest BCUT2D eigenvalue weighted by Gasteiger charge is 2.18. The van der Waals surface area contributed by atoms with Crippen molar-refractivity contribution in [2.75, 3.05) is 7.05 Å². The van der Waals surface area contributed by atoms with E-state index in [0.717, 1.165) is 30.1 Å². The summed E-state index contributed by atoms with van der Waals surface area (Å²) in [7, 11) is 2.00. The van der Waals surface area contributed by atoms with E-state index in [2.05, 4.69) is 24.3 Å². The molecule has 4 heteroatoms. The first-order chi connectivity index (χ1) is 8.24. The molecule has 0 saturated carbocycles. The number of aryl methyl sites for hydroxylation is 1. The summed E-state index contributed by atoms with van der Waals surface area (Å²) in [6, 6.07) is 0.322. The van der Waals surface area contributed by atoms with E-state index in [9.17, 15) is 0 Å². The summed E-state index contributed by atoms with van der Waals surface area (Å²) in [4.78, 5) is 0. The van der Waals surface area contributed by atoms with Gasteiger partial charge in [-0.15, -0.1) is 0 Å². The van der Waals surface area contributed by atoms with Crippen molar-refractivity contribution in [1.82, 2.24) is 15.1 Å². The van der Waals surface area contributed by atoms with Gasteiger partial charge in [0.05, 0.1) is 23.0 Å². The lowest BCUT2D eigenvalue weighted by molar-refractivity contribution is 0.459. The minimum atomic E-state index is 0.322. The molecule has 0 saturated heterocycles. The standard InChI is InChI=1S/C13H24ClN3/c1-4-6-7-8-12(15-3)13-11(14)10-16-17(13)9-5-2/h10,12,15H,4-9H2,1-3H3. The van der Waals surface area contributed by atoms with Crippen LogP contribution in [0.2, 0.25) is 5.02 Å². The zero-order valence-electron chi connectivity index (χ0n) is 11.2. The quantitative estimate of drug-likeness (QED) is 0.718. The highest BCUT2D eigenvalue weighted by atomic mass is 35.5. The van der Waals surface area contributed by atoms with Crippen LogP contribution in [0, 0.1) is 0 Å². The molecule has 1 aromatic rings. The summed E-state index contributed by atoms with van der Waals surface area (Å²) in [5.74, 6) is 0. The van der Waals surface area contributed by atoms with Crippen molar-refractivity contribution in [2.24, 2.45) is 0 Å². The average Bonchev–Trinajstić information content (AvgIpc) is 2.68. The van der Waals surface area contributed by atoms with Gasteiger partial charge in [0.25, 0.3) is 0 Å². The van der Waals surface area contributed by atoms with Gasteiger partial charge in [-0.3, -0.25) is 4.68 Å². The van der Waals surface area contributed by atoms with Crippen LogP contribution in [0.4, 0.5) is 0 Å². The predicted molar refractivity (Wildman–Crippen MR) is 73.5 cm³/mol. The Morgan fingerprint density at radius 3 is 2.71 bits per heavy atom. The second-order valence-corrected chi connectivity index (χ2v) is 4.85. The minimum absolute atomic E-state index is 0.322. The number of rotatable bonds is 8. The summed E-state index contributed by atoms with van der Waals surface area (Å²) in [6.45, 7) is 5.32. The maximum atomic E-state index is 6.24. The van der Waals surface area contributed by atoms with Crippen molar-refractivity contribution in [1.29, 1.82) is 0 Å². The fourth-order valence-corrected chi connectivity index (χ4v) is 2.40. The van der Waals surface area contributed by atoms with Gasteiger partial charge in [0.15, 0.2) is 0 Å². The topological polar surface area (TPSA) is 29.9 Å². The number of nitrogens with one attached hydrogen (secondary N) is 1. The van der Waals surface area contributed by atoms with Crippen LogP contribution < -0.4 is 5.32 Å². The lowest BCUT2D eigenvalue weighted by atomic mass is 10.1. The van der Waals surface area contributed by atoms with Gasteiger partial charge in [-0.25, -0.2) is 0 Å². The highest BCUT2D eigenvalue weighted by Crippen LogP contribution is 2.26. The van der Waals surface area contributed by atoms with E-state index >= 15 is 0 Å². The van der Waals surface area contributed by atoms with Crippen LogP contribution >= 0.6 is 11.6 Å². The molecule has 0 aliphatic carbocycles. The van der Waals surface area contributed by atoms with Crippen molar-refractivity contribution >= 4 is 11.6 Å². The number of nitrogens with zero attached hydrogens (tertiary/aromatic N) is 2. The summed E-state index contributed by atoms with van der Waals surface area (Å²) in [6.07, 6.45) is 7.72. The van der Waals surface area contributed by atoms with Crippen LogP contribution in [0.3, 0.4) is 0 Å². The first-order valence-corrected chi connectivity index (χ1v) is 7.00. The van der Waals surface area contributed by atoms with Crippen molar-refractivity contribution in [3.05, 3.63) is 16.9 Å². The van der Waals surface area contributed by atoms with E-state index in [1.807, 2.05) is 11.7 Å². The van der Waals surface area contributed by atoms with E-state index in [0.29, 0.717) is 6.04 Å². The fourth-order valence-electron chi connectivity index (χ4n) is 2.12. The Labute approximate surface area is 110 Å². The third kappa shape index (κ3) is 4.00. The van der Waals surface area contributed by atoms with Crippen molar-refractivity contribution in [2.45, 2.75) is 58.5 Å². The van der Waals surface area contributed by atoms with Gasteiger partial charge < -0.3 is 5.32 Å². The molecular formula is C13H24ClN3. The SMILES string of the molecule is CCCCCC(NC)c1c(Cl)cnn1CCC. The maximum absolute atomic E-state index is 6.24. The predicted octanol–water partition coefficient (Wildman–Crippen LogP) is 3.79. The zero-order chi connectivity index (χ0) is 12.7. The first kappa shape index (κ1) is 14.5. The van der Waals surface area contributed by atoms with Crippen molar-refractivity contribution in [3.8, 4) is 0 Å². The van der Waals surface area contributed by atoms with Gasteiger partial charge in [-0.1, -0.05) is 44.7 Å². The largest absolute Gasteiger partial charge is 0.312 e. The molecule has 0 spiro atoms. The van der Waals surface area contributed by atoms with Crippen LogP contribution in [0.15, 0.2) is 6.20 Å². The summed E-state index contributed by atoms with van der Waals surface area (Å²) in [5, 5.41) is 8.49. The summed E-state index contributed by atoms with van der Waals surface area (Å²) >= 11 is 6.24. The molecule has 1 atom stereocenters. The van der Waals surface area contributed by atoms with E-state index in [-0.39, 0.29) is 0 Å². The van der Waals surface area contributed by atoms with Gasteiger partial charge >= 0.3 is 0 Å². The molecule has 0 fully saturated rings. The van der Waals surface area contributed by atoms with Crippen molar-refractivity contribution < 1.29 is 0 Å². The Bertz CT molecular complexity index is 322. The van der Waals surface area contributed by atoms with E-state index in [1.165, 1.54) is 19.3 Å². The monoisotopic (exact) mass is 257 g/mol. The highest BCUT2D eigenvalue weighted by molar-refractivity contribution is 6.31.